The number of aryl methyl sites for hydroxylation is 2. The van der Waals surface area contributed by atoms with Gasteiger partial charge in [-0.05, 0) is 45.7 Å². The first-order chi connectivity index (χ1) is 8.97. The van der Waals surface area contributed by atoms with Crippen LogP contribution >= 0.6 is 0 Å². The monoisotopic (exact) mass is 257 g/mol. The zero-order valence-corrected chi connectivity index (χ0v) is 12.4. The van der Waals surface area contributed by atoms with Gasteiger partial charge in [-0.25, -0.2) is 0 Å². The first kappa shape index (κ1) is 13.7. The molecule has 0 saturated carbocycles. The molecular weight excluding hydrogens is 234 g/mol. The Morgan fingerprint density at radius 1 is 1.16 bits per heavy atom. The highest BCUT2D eigenvalue weighted by Crippen LogP contribution is 2.23. The molecule has 1 aromatic carbocycles. The molecular formula is C16H23N3. The van der Waals surface area contributed by atoms with Gasteiger partial charge in [0.1, 0.15) is 0 Å². The Morgan fingerprint density at radius 2 is 1.89 bits per heavy atom. The Bertz CT molecular complexity index is 555. The number of nitrogens with zero attached hydrogens (tertiary/aromatic N) is 2. The molecule has 0 saturated heterocycles. The van der Waals surface area contributed by atoms with E-state index < -0.39 is 0 Å². The van der Waals surface area contributed by atoms with Crippen LogP contribution in [0.25, 0.3) is 0 Å². The minimum atomic E-state index is 0.283. The van der Waals surface area contributed by atoms with Gasteiger partial charge in [0.25, 0.3) is 0 Å². The molecule has 1 atom stereocenters. The van der Waals surface area contributed by atoms with Gasteiger partial charge >= 0.3 is 0 Å². The molecule has 0 aliphatic carbocycles. The van der Waals surface area contributed by atoms with E-state index in [4.69, 9.17) is 0 Å². The van der Waals surface area contributed by atoms with Gasteiger partial charge in [0.2, 0.25) is 0 Å². The lowest BCUT2D eigenvalue weighted by Crippen LogP contribution is -2.08. The summed E-state index contributed by atoms with van der Waals surface area (Å²) in [6, 6.07) is 7.27. The molecule has 102 valence electrons. The van der Waals surface area contributed by atoms with E-state index >= 15 is 0 Å². The second-order valence-electron chi connectivity index (χ2n) is 5.53. The van der Waals surface area contributed by atoms with Gasteiger partial charge < -0.3 is 5.32 Å². The number of rotatable bonds is 4. The second-order valence-corrected chi connectivity index (χ2v) is 5.53. The topological polar surface area (TPSA) is 29.9 Å². The van der Waals surface area contributed by atoms with Crippen LogP contribution in [-0.4, -0.2) is 9.78 Å². The summed E-state index contributed by atoms with van der Waals surface area (Å²) in [5.41, 5.74) is 5.04. The second kappa shape index (κ2) is 5.47. The minimum absolute atomic E-state index is 0.283. The number of benzene rings is 1. The van der Waals surface area contributed by atoms with Crippen molar-refractivity contribution >= 4 is 5.69 Å². The van der Waals surface area contributed by atoms with Gasteiger partial charge in [0.15, 0.2) is 0 Å². The summed E-state index contributed by atoms with van der Waals surface area (Å²) in [5, 5.41) is 7.86. The van der Waals surface area contributed by atoms with Crippen molar-refractivity contribution < 1.29 is 0 Å². The Labute approximate surface area is 115 Å². The van der Waals surface area contributed by atoms with Crippen LogP contribution in [0.15, 0.2) is 30.6 Å². The Morgan fingerprint density at radius 3 is 2.47 bits per heavy atom. The lowest BCUT2D eigenvalue weighted by molar-refractivity contribution is 0.532. The molecule has 0 aliphatic heterocycles. The lowest BCUT2D eigenvalue weighted by Gasteiger charge is -2.17. The van der Waals surface area contributed by atoms with Crippen molar-refractivity contribution in [2.24, 2.45) is 0 Å². The van der Waals surface area contributed by atoms with Gasteiger partial charge in [-0.3, -0.25) is 4.68 Å². The van der Waals surface area contributed by atoms with Crippen LogP contribution in [0.5, 0.6) is 0 Å². The highest BCUT2D eigenvalue weighted by atomic mass is 15.3. The quantitative estimate of drug-likeness (QED) is 0.887. The van der Waals surface area contributed by atoms with Crippen LogP contribution in [0, 0.1) is 13.8 Å². The molecule has 0 bridgehead atoms. The molecule has 3 heteroatoms. The van der Waals surface area contributed by atoms with Crippen LogP contribution in [0.2, 0.25) is 0 Å². The summed E-state index contributed by atoms with van der Waals surface area (Å²) >= 11 is 0. The van der Waals surface area contributed by atoms with Crippen molar-refractivity contribution in [3.63, 3.8) is 0 Å². The van der Waals surface area contributed by atoms with Crippen molar-refractivity contribution in [2.45, 2.75) is 46.7 Å². The smallest absolute Gasteiger partial charge is 0.0731 e. The summed E-state index contributed by atoms with van der Waals surface area (Å²) in [6.07, 6.45) is 3.95. The van der Waals surface area contributed by atoms with Crippen LogP contribution < -0.4 is 5.32 Å². The van der Waals surface area contributed by atoms with Gasteiger partial charge in [0.05, 0.1) is 11.9 Å². The molecule has 0 amide bonds. The first-order valence-corrected chi connectivity index (χ1v) is 6.85. The summed E-state index contributed by atoms with van der Waals surface area (Å²) in [7, 11) is 0. The van der Waals surface area contributed by atoms with E-state index in [-0.39, 0.29) is 6.04 Å². The van der Waals surface area contributed by atoms with Crippen molar-refractivity contribution in [3.8, 4) is 0 Å². The van der Waals surface area contributed by atoms with Crippen LogP contribution in [0.4, 0.5) is 5.69 Å². The van der Waals surface area contributed by atoms with E-state index in [2.05, 4.69) is 69.4 Å². The maximum absolute atomic E-state index is 4.35. The molecule has 3 nitrogen and oxygen atoms in total. The van der Waals surface area contributed by atoms with E-state index in [0.717, 1.165) is 5.69 Å². The maximum Gasteiger partial charge on any atom is 0.0731 e. The predicted octanol–water partition coefficient (Wildman–Crippen LogP) is 4.25. The molecule has 2 aromatic rings. The van der Waals surface area contributed by atoms with Crippen molar-refractivity contribution in [1.29, 1.82) is 0 Å². The molecule has 19 heavy (non-hydrogen) atoms. The van der Waals surface area contributed by atoms with Gasteiger partial charge in [-0.2, -0.15) is 5.10 Å². The van der Waals surface area contributed by atoms with Gasteiger partial charge in [0, 0.05) is 18.3 Å². The van der Waals surface area contributed by atoms with Crippen LogP contribution in [0.1, 0.15) is 49.5 Å². The number of hydrogen-bond donors (Lipinski definition) is 1. The minimum Gasteiger partial charge on any atom is -0.376 e. The van der Waals surface area contributed by atoms with E-state index in [1.807, 2.05) is 10.9 Å². The molecule has 1 heterocycles. The molecule has 1 unspecified atom stereocenters. The predicted molar refractivity (Wildman–Crippen MR) is 80.6 cm³/mol. The van der Waals surface area contributed by atoms with E-state index in [0.29, 0.717) is 6.04 Å². The third-order valence-corrected chi connectivity index (χ3v) is 3.41. The summed E-state index contributed by atoms with van der Waals surface area (Å²) in [6.45, 7) is 10.7. The number of nitrogens with one attached hydrogen (secondary N) is 1. The molecule has 2 rings (SSSR count). The molecule has 1 N–H and O–H groups in total. The normalized spacial score (nSPS) is 12.7. The Hall–Kier alpha value is -1.77. The lowest BCUT2D eigenvalue weighted by atomic mass is 10.0. The molecule has 0 fully saturated rings. The standard InChI is InChI=1S/C16H23N3/c1-11(2)19-10-15(9-17-19)18-14(5)16-7-6-12(3)8-13(16)4/h6-11,14,18H,1-5H3. The van der Waals surface area contributed by atoms with Gasteiger partial charge in [-0.15, -0.1) is 0 Å². The first-order valence-electron chi connectivity index (χ1n) is 6.85. The fourth-order valence-electron chi connectivity index (χ4n) is 2.33. The fraction of sp³-hybridized carbons (Fsp3) is 0.438. The zero-order chi connectivity index (χ0) is 14.0. The molecule has 1 aromatic heterocycles. The van der Waals surface area contributed by atoms with Crippen molar-refractivity contribution in [3.05, 3.63) is 47.3 Å². The third-order valence-electron chi connectivity index (χ3n) is 3.41. The number of hydrogen-bond acceptors (Lipinski definition) is 2. The fourth-order valence-corrected chi connectivity index (χ4v) is 2.33. The van der Waals surface area contributed by atoms with Crippen LogP contribution in [0.3, 0.4) is 0 Å². The molecule has 0 spiro atoms. The maximum atomic E-state index is 4.35. The number of anilines is 1. The Balaban J connectivity index is 2.13. The number of aromatic nitrogens is 2. The summed E-state index contributed by atoms with van der Waals surface area (Å²) in [4.78, 5) is 0. The highest BCUT2D eigenvalue weighted by molar-refractivity contribution is 5.43. The highest BCUT2D eigenvalue weighted by Gasteiger charge is 2.10. The Kier molecular flexibility index (Phi) is 3.93. The average molecular weight is 257 g/mol. The van der Waals surface area contributed by atoms with E-state index in [1.165, 1.54) is 16.7 Å². The SMILES string of the molecule is Cc1ccc(C(C)Nc2cnn(C(C)C)c2)c(C)c1. The van der Waals surface area contributed by atoms with Crippen molar-refractivity contribution in [1.82, 2.24) is 9.78 Å². The van der Waals surface area contributed by atoms with Gasteiger partial charge in [-0.1, -0.05) is 23.8 Å². The molecule has 0 radical (unpaired) electrons. The van der Waals surface area contributed by atoms with Crippen molar-refractivity contribution in [2.75, 3.05) is 5.32 Å². The third kappa shape index (κ3) is 3.16. The largest absolute Gasteiger partial charge is 0.376 e. The van der Waals surface area contributed by atoms with E-state index in [1.54, 1.807) is 0 Å². The summed E-state index contributed by atoms with van der Waals surface area (Å²) < 4.78 is 1.97. The summed E-state index contributed by atoms with van der Waals surface area (Å²) in [5.74, 6) is 0. The van der Waals surface area contributed by atoms with Crippen LogP contribution in [-0.2, 0) is 0 Å². The average Bonchev–Trinajstić information content (AvgIpc) is 2.77. The van der Waals surface area contributed by atoms with E-state index in [9.17, 15) is 0 Å². The zero-order valence-electron chi connectivity index (χ0n) is 12.4. The molecule has 0 aliphatic rings.